The Labute approximate surface area is 117 Å². The molecule has 1 aromatic carbocycles. The quantitative estimate of drug-likeness (QED) is 0.727. The van der Waals surface area contributed by atoms with Crippen molar-refractivity contribution in [3.05, 3.63) is 52.5 Å². The molecule has 0 amide bonds. The fourth-order valence-corrected chi connectivity index (χ4v) is 2.50. The zero-order valence-electron chi connectivity index (χ0n) is 11.1. The summed E-state index contributed by atoms with van der Waals surface area (Å²) in [4.78, 5) is 18.4. The smallest absolute Gasteiger partial charge is 0.162 e. The molecule has 100 valence electrons. The van der Waals surface area contributed by atoms with Gasteiger partial charge in [-0.15, -0.1) is 11.3 Å². The van der Waals surface area contributed by atoms with Crippen molar-refractivity contribution in [2.24, 2.45) is 0 Å². The summed E-state index contributed by atoms with van der Waals surface area (Å²) >= 11 is 1.62. The zero-order valence-corrected chi connectivity index (χ0v) is 11.9. The van der Waals surface area contributed by atoms with E-state index in [-0.39, 0.29) is 5.78 Å². The van der Waals surface area contributed by atoms with E-state index < -0.39 is 0 Å². The SMILES string of the molecule is CN(CCCC(=O)c1ccccc1)Cc1cscn1. The lowest BCUT2D eigenvalue weighted by Gasteiger charge is -2.14. The van der Waals surface area contributed by atoms with Crippen LogP contribution in [0.3, 0.4) is 0 Å². The molecule has 19 heavy (non-hydrogen) atoms. The fraction of sp³-hybridized carbons (Fsp3) is 0.333. The summed E-state index contributed by atoms with van der Waals surface area (Å²) in [6.45, 7) is 1.76. The third-order valence-electron chi connectivity index (χ3n) is 2.95. The number of hydrogen-bond acceptors (Lipinski definition) is 4. The molecule has 0 bridgehead atoms. The van der Waals surface area contributed by atoms with E-state index in [4.69, 9.17) is 0 Å². The van der Waals surface area contributed by atoms with Gasteiger partial charge in [0.05, 0.1) is 11.2 Å². The second-order valence-electron chi connectivity index (χ2n) is 4.61. The van der Waals surface area contributed by atoms with Gasteiger partial charge in [0.2, 0.25) is 0 Å². The van der Waals surface area contributed by atoms with Crippen molar-refractivity contribution >= 4 is 17.1 Å². The minimum Gasteiger partial charge on any atom is -0.301 e. The van der Waals surface area contributed by atoms with Crippen LogP contribution in [0.4, 0.5) is 0 Å². The van der Waals surface area contributed by atoms with Crippen molar-refractivity contribution in [3.8, 4) is 0 Å². The highest BCUT2D eigenvalue weighted by Crippen LogP contribution is 2.07. The first kappa shape index (κ1) is 13.9. The van der Waals surface area contributed by atoms with Gasteiger partial charge in [0.1, 0.15) is 0 Å². The number of nitrogens with zero attached hydrogens (tertiary/aromatic N) is 2. The molecule has 0 atom stereocenters. The van der Waals surface area contributed by atoms with Crippen molar-refractivity contribution in [1.82, 2.24) is 9.88 Å². The van der Waals surface area contributed by atoms with E-state index in [9.17, 15) is 4.79 Å². The molecule has 0 N–H and O–H groups in total. The monoisotopic (exact) mass is 274 g/mol. The number of aromatic nitrogens is 1. The second-order valence-corrected chi connectivity index (χ2v) is 5.33. The van der Waals surface area contributed by atoms with Gasteiger partial charge in [-0.05, 0) is 20.0 Å². The summed E-state index contributed by atoms with van der Waals surface area (Å²) in [7, 11) is 2.06. The highest BCUT2D eigenvalue weighted by molar-refractivity contribution is 7.07. The molecule has 0 aliphatic rings. The number of Topliss-reactive ketones (excluding diaryl/α,β-unsaturated/α-hetero) is 1. The lowest BCUT2D eigenvalue weighted by molar-refractivity contribution is 0.0976. The van der Waals surface area contributed by atoms with E-state index in [2.05, 4.69) is 22.3 Å². The molecule has 0 aliphatic heterocycles. The van der Waals surface area contributed by atoms with Crippen LogP contribution in [-0.2, 0) is 6.54 Å². The first-order chi connectivity index (χ1) is 9.25. The van der Waals surface area contributed by atoms with E-state index >= 15 is 0 Å². The molecule has 0 spiro atoms. The number of carbonyl (C=O) groups is 1. The van der Waals surface area contributed by atoms with Crippen molar-refractivity contribution in [1.29, 1.82) is 0 Å². The number of benzene rings is 1. The average molecular weight is 274 g/mol. The van der Waals surface area contributed by atoms with Crippen LogP contribution >= 0.6 is 11.3 Å². The molecule has 0 aliphatic carbocycles. The maximum Gasteiger partial charge on any atom is 0.162 e. The van der Waals surface area contributed by atoms with Gasteiger partial charge in [-0.1, -0.05) is 30.3 Å². The normalized spacial score (nSPS) is 10.8. The molecule has 0 saturated heterocycles. The van der Waals surface area contributed by atoms with Crippen LogP contribution in [0.2, 0.25) is 0 Å². The lowest BCUT2D eigenvalue weighted by Crippen LogP contribution is -2.20. The predicted octanol–water partition coefficient (Wildman–Crippen LogP) is 3.24. The number of rotatable bonds is 7. The Hall–Kier alpha value is -1.52. The highest BCUT2D eigenvalue weighted by atomic mass is 32.1. The average Bonchev–Trinajstić information content (AvgIpc) is 2.92. The molecule has 3 nitrogen and oxygen atoms in total. The summed E-state index contributed by atoms with van der Waals surface area (Å²) in [5.74, 6) is 0.225. The predicted molar refractivity (Wildman–Crippen MR) is 78.5 cm³/mol. The van der Waals surface area contributed by atoms with Crippen LogP contribution in [0.25, 0.3) is 0 Å². The van der Waals surface area contributed by atoms with E-state index in [1.54, 1.807) is 11.3 Å². The maximum atomic E-state index is 11.9. The van der Waals surface area contributed by atoms with Gasteiger partial charge in [-0.3, -0.25) is 4.79 Å². The molecule has 0 unspecified atom stereocenters. The van der Waals surface area contributed by atoms with E-state index in [0.717, 1.165) is 30.8 Å². The van der Waals surface area contributed by atoms with Gasteiger partial charge in [0.25, 0.3) is 0 Å². The van der Waals surface area contributed by atoms with E-state index in [1.807, 2.05) is 35.8 Å². The summed E-state index contributed by atoms with van der Waals surface area (Å²) in [5.41, 5.74) is 3.76. The number of thiazole rings is 1. The first-order valence-corrected chi connectivity index (χ1v) is 7.34. The Kier molecular flexibility index (Phi) is 5.24. The fourth-order valence-electron chi connectivity index (χ4n) is 1.95. The van der Waals surface area contributed by atoms with Gasteiger partial charge in [-0.2, -0.15) is 0 Å². The van der Waals surface area contributed by atoms with Gasteiger partial charge in [-0.25, -0.2) is 4.98 Å². The molecule has 1 aromatic heterocycles. The van der Waals surface area contributed by atoms with Crippen LogP contribution in [0.5, 0.6) is 0 Å². The number of carbonyl (C=O) groups excluding carboxylic acids is 1. The summed E-state index contributed by atoms with van der Waals surface area (Å²) in [5, 5.41) is 2.06. The van der Waals surface area contributed by atoms with Gasteiger partial charge in [0, 0.05) is 23.9 Å². The molecular formula is C15H18N2OS. The van der Waals surface area contributed by atoms with Crippen LogP contribution in [0.1, 0.15) is 28.9 Å². The Morgan fingerprint density at radius 1 is 1.32 bits per heavy atom. The topological polar surface area (TPSA) is 33.2 Å². The van der Waals surface area contributed by atoms with Crippen LogP contribution in [0, 0.1) is 0 Å². The molecule has 1 heterocycles. The molecule has 0 radical (unpaired) electrons. The summed E-state index contributed by atoms with van der Waals surface area (Å²) in [6.07, 6.45) is 1.49. The largest absolute Gasteiger partial charge is 0.301 e. The van der Waals surface area contributed by atoms with Crippen LogP contribution < -0.4 is 0 Å². The Bertz CT molecular complexity index is 496. The van der Waals surface area contributed by atoms with E-state index in [1.165, 1.54) is 0 Å². The summed E-state index contributed by atoms with van der Waals surface area (Å²) < 4.78 is 0. The van der Waals surface area contributed by atoms with Crippen molar-refractivity contribution in [3.63, 3.8) is 0 Å². The number of hydrogen-bond donors (Lipinski definition) is 0. The highest BCUT2D eigenvalue weighted by Gasteiger charge is 2.06. The molecule has 4 heteroatoms. The van der Waals surface area contributed by atoms with Crippen LogP contribution in [-0.4, -0.2) is 29.3 Å². The lowest BCUT2D eigenvalue weighted by atomic mass is 10.1. The molecule has 0 fully saturated rings. The Morgan fingerprint density at radius 3 is 2.79 bits per heavy atom. The van der Waals surface area contributed by atoms with Crippen molar-refractivity contribution < 1.29 is 4.79 Å². The maximum absolute atomic E-state index is 11.9. The van der Waals surface area contributed by atoms with Crippen molar-refractivity contribution in [2.75, 3.05) is 13.6 Å². The number of ketones is 1. The molecular weight excluding hydrogens is 256 g/mol. The molecule has 2 aromatic rings. The minimum atomic E-state index is 0.225. The van der Waals surface area contributed by atoms with Crippen molar-refractivity contribution in [2.45, 2.75) is 19.4 Å². The summed E-state index contributed by atoms with van der Waals surface area (Å²) in [6, 6.07) is 9.49. The molecule has 0 saturated carbocycles. The first-order valence-electron chi connectivity index (χ1n) is 6.39. The third-order valence-corrected chi connectivity index (χ3v) is 3.59. The van der Waals surface area contributed by atoms with Gasteiger partial charge in [0.15, 0.2) is 5.78 Å². The molecule has 2 rings (SSSR count). The second kappa shape index (κ2) is 7.16. The zero-order chi connectivity index (χ0) is 13.5. The minimum absolute atomic E-state index is 0.225. The Balaban J connectivity index is 1.70. The standard InChI is InChI=1S/C15H18N2OS/c1-17(10-14-11-19-12-16-14)9-5-8-15(18)13-6-3-2-4-7-13/h2-4,6-7,11-12H,5,8-10H2,1H3. The Morgan fingerprint density at radius 2 is 2.11 bits per heavy atom. The van der Waals surface area contributed by atoms with E-state index in [0.29, 0.717) is 6.42 Å². The van der Waals surface area contributed by atoms with Crippen LogP contribution in [0.15, 0.2) is 41.2 Å². The third kappa shape index (κ3) is 4.58. The van der Waals surface area contributed by atoms with Gasteiger partial charge >= 0.3 is 0 Å². The van der Waals surface area contributed by atoms with Gasteiger partial charge < -0.3 is 4.90 Å².